The Morgan fingerprint density at radius 3 is 2.94 bits per heavy atom. The average molecular weight is 299 g/mol. The summed E-state index contributed by atoms with van der Waals surface area (Å²) >= 11 is 4.85. The lowest BCUT2D eigenvalue weighted by Crippen LogP contribution is -2.03. The van der Waals surface area contributed by atoms with Crippen LogP contribution in [0, 0.1) is 0 Å². The summed E-state index contributed by atoms with van der Waals surface area (Å²) in [4.78, 5) is 12.7. The maximum atomic E-state index is 11.9. The molecule has 5 heteroatoms. The van der Waals surface area contributed by atoms with Crippen LogP contribution in [0.1, 0.15) is 21.8 Å². The number of thiophene rings is 1. The summed E-state index contributed by atoms with van der Waals surface area (Å²) in [6, 6.07) is 3.85. The van der Waals surface area contributed by atoms with Crippen molar-refractivity contribution >= 4 is 33.0 Å². The SMILES string of the molecule is Cn1nccc1CCC(=O)c1sccc1Br. The highest BCUT2D eigenvalue weighted by Gasteiger charge is 2.12. The van der Waals surface area contributed by atoms with Gasteiger partial charge in [-0.1, -0.05) is 0 Å². The summed E-state index contributed by atoms with van der Waals surface area (Å²) in [5.74, 6) is 0.183. The summed E-state index contributed by atoms with van der Waals surface area (Å²) in [6.45, 7) is 0. The van der Waals surface area contributed by atoms with Crippen LogP contribution in [0.25, 0.3) is 0 Å². The quantitative estimate of drug-likeness (QED) is 0.813. The van der Waals surface area contributed by atoms with Gasteiger partial charge in [-0.2, -0.15) is 5.10 Å². The summed E-state index contributed by atoms with van der Waals surface area (Å²) in [7, 11) is 1.89. The van der Waals surface area contributed by atoms with Crippen molar-refractivity contribution in [1.82, 2.24) is 9.78 Å². The molecule has 0 unspecified atom stereocenters. The van der Waals surface area contributed by atoms with Crippen molar-refractivity contribution < 1.29 is 4.79 Å². The Hall–Kier alpha value is -0.940. The number of carbonyl (C=O) groups is 1. The molecule has 0 fully saturated rings. The molecule has 16 heavy (non-hydrogen) atoms. The van der Waals surface area contributed by atoms with Gasteiger partial charge in [0.25, 0.3) is 0 Å². The second-order valence-electron chi connectivity index (χ2n) is 3.47. The predicted molar refractivity (Wildman–Crippen MR) is 67.9 cm³/mol. The Bertz CT molecular complexity index is 504. The zero-order chi connectivity index (χ0) is 11.5. The minimum Gasteiger partial charge on any atom is -0.293 e. The van der Waals surface area contributed by atoms with Gasteiger partial charge in [0.15, 0.2) is 5.78 Å². The van der Waals surface area contributed by atoms with E-state index < -0.39 is 0 Å². The van der Waals surface area contributed by atoms with Gasteiger partial charge in [0.1, 0.15) is 0 Å². The van der Waals surface area contributed by atoms with Crippen LogP contribution in [-0.4, -0.2) is 15.6 Å². The van der Waals surface area contributed by atoms with Gasteiger partial charge in [0.05, 0.1) is 4.88 Å². The first-order chi connectivity index (χ1) is 7.68. The van der Waals surface area contributed by atoms with Gasteiger partial charge >= 0.3 is 0 Å². The molecule has 2 heterocycles. The standard InChI is InChI=1S/C11H11BrN2OS/c1-14-8(4-6-13-14)2-3-10(15)11-9(12)5-7-16-11/h4-7H,2-3H2,1H3. The van der Waals surface area contributed by atoms with E-state index in [1.54, 1.807) is 10.9 Å². The Morgan fingerprint density at radius 2 is 2.38 bits per heavy atom. The number of Topliss-reactive ketones (excluding diaryl/α,β-unsaturated/α-hetero) is 1. The fraction of sp³-hybridized carbons (Fsp3) is 0.273. The minimum atomic E-state index is 0.183. The molecule has 0 atom stereocenters. The Labute approximate surface area is 106 Å². The van der Waals surface area contributed by atoms with Gasteiger partial charge in [-0.3, -0.25) is 9.48 Å². The topological polar surface area (TPSA) is 34.9 Å². The Morgan fingerprint density at radius 1 is 1.56 bits per heavy atom. The average Bonchev–Trinajstić information content (AvgIpc) is 2.84. The lowest BCUT2D eigenvalue weighted by molar-refractivity contribution is 0.0985. The summed E-state index contributed by atoms with van der Waals surface area (Å²) in [5, 5.41) is 5.99. The molecule has 0 aliphatic carbocycles. The monoisotopic (exact) mass is 298 g/mol. The number of rotatable bonds is 4. The van der Waals surface area contributed by atoms with Gasteiger partial charge in [-0.05, 0) is 39.9 Å². The zero-order valence-corrected chi connectivity index (χ0v) is 11.2. The number of halogens is 1. The van der Waals surface area contributed by atoms with E-state index >= 15 is 0 Å². The number of ketones is 1. The number of hydrogen-bond donors (Lipinski definition) is 0. The second kappa shape index (κ2) is 4.93. The second-order valence-corrected chi connectivity index (χ2v) is 5.24. The maximum Gasteiger partial charge on any atom is 0.174 e. The molecule has 0 saturated heterocycles. The highest BCUT2D eigenvalue weighted by Crippen LogP contribution is 2.24. The first-order valence-corrected chi connectivity index (χ1v) is 6.59. The van der Waals surface area contributed by atoms with Crippen LogP contribution in [0.2, 0.25) is 0 Å². The van der Waals surface area contributed by atoms with E-state index in [0.717, 1.165) is 21.5 Å². The molecule has 0 aliphatic rings. The molecule has 2 rings (SSSR count). The predicted octanol–water partition coefficient (Wildman–Crippen LogP) is 3.06. The third-order valence-electron chi connectivity index (χ3n) is 2.40. The van der Waals surface area contributed by atoms with Crippen LogP contribution in [0.15, 0.2) is 28.2 Å². The molecule has 0 aromatic carbocycles. The van der Waals surface area contributed by atoms with E-state index in [9.17, 15) is 4.79 Å². The summed E-state index contributed by atoms with van der Waals surface area (Å²) in [6.07, 6.45) is 3.01. The zero-order valence-electron chi connectivity index (χ0n) is 8.81. The minimum absolute atomic E-state index is 0.183. The fourth-order valence-electron chi connectivity index (χ4n) is 1.49. The van der Waals surface area contributed by atoms with Crippen LogP contribution in [0.3, 0.4) is 0 Å². The summed E-state index contributed by atoms with van der Waals surface area (Å²) in [5.41, 5.74) is 1.08. The smallest absolute Gasteiger partial charge is 0.174 e. The molecule has 0 N–H and O–H groups in total. The van der Waals surface area contributed by atoms with Crippen molar-refractivity contribution in [1.29, 1.82) is 0 Å². The first-order valence-electron chi connectivity index (χ1n) is 4.91. The molecule has 0 amide bonds. The van der Waals surface area contributed by atoms with Crippen LogP contribution < -0.4 is 0 Å². The van der Waals surface area contributed by atoms with Crippen molar-refractivity contribution in [2.75, 3.05) is 0 Å². The molecule has 2 aromatic rings. The number of carbonyl (C=O) groups excluding carboxylic acids is 1. The normalized spacial score (nSPS) is 10.6. The molecule has 0 bridgehead atoms. The van der Waals surface area contributed by atoms with Crippen molar-refractivity contribution in [2.24, 2.45) is 7.05 Å². The van der Waals surface area contributed by atoms with Crippen molar-refractivity contribution in [3.05, 3.63) is 38.8 Å². The molecule has 84 valence electrons. The van der Waals surface area contributed by atoms with E-state index in [0.29, 0.717) is 6.42 Å². The molecular formula is C11H11BrN2OS. The molecule has 3 nitrogen and oxygen atoms in total. The largest absolute Gasteiger partial charge is 0.293 e. The van der Waals surface area contributed by atoms with Gasteiger partial charge in [0.2, 0.25) is 0 Å². The van der Waals surface area contributed by atoms with E-state index in [2.05, 4.69) is 21.0 Å². The van der Waals surface area contributed by atoms with Crippen LogP contribution in [0.4, 0.5) is 0 Å². The highest BCUT2D eigenvalue weighted by molar-refractivity contribution is 9.10. The van der Waals surface area contributed by atoms with E-state index in [-0.39, 0.29) is 5.78 Å². The van der Waals surface area contributed by atoms with Gasteiger partial charge < -0.3 is 0 Å². The fourth-order valence-corrected chi connectivity index (χ4v) is 3.06. The van der Waals surface area contributed by atoms with E-state index in [4.69, 9.17) is 0 Å². The van der Waals surface area contributed by atoms with Crippen molar-refractivity contribution in [2.45, 2.75) is 12.8 Å². The molecule has 0 saturated carbocycles. The maximum absolute atomic E-state index is 11.9. The van der Waals surface area contributed by atoms with Gasteiger partial charge in [-0.15, -0.1) is 11.3 Å². The van der Waals surface area contributed by atoms with Crippen LogP contribution in [-0.2, 0) is 13.5 Å². The number of nitrogens with zero attached hydrogens (tertiary/aromatic N) is 2. The van der Waals surface area contributed by atoms with Crippen molar-refractivity contribution in [3.8, 4) is 0 Å². The summed E-state index contributed by atoms with van der Waals surface area (Å²) < 4.78 is 2.70. The molecule has 0 radical (unpaired) electrons. The van der Waals surface area contributed by atoms with Crippen molar-refractivity contribution in [3.63, 3.8) is 0 Å². The van der Waals surface area contributed by atoms with E-state index in [1.807, 2.05) is 24.6 Å². The molecule has 0 spiro atoms. The number of aromatic nitrogens is 2. The van der Waals surface area contributed by atoms with Crippen LogP contribution >= 0.6 is 27.3 Å². The van der Waals surface area contributed by atoms with E-state index in [1.165, 1.54) is 11.3 Å². The molecule has 0 aliphatic heterocycles. The lowest BCUT2D eigenvalue weighted by Gasteiger charge is -2.01. The third kappa shape index (κ3) is 2.41. The molecular weight excluding hydrogens is 288 g/mol. The highest BCUT2D eigenvalue weighted by atomic mass is 79.9. The third-order valence-corrected chi connectivity index (χ3v) is 4.28. The van der Waals surface area contributed by atoms with Gasteiger partial charge in [-0.25, -0.2) is 0 Å². The van der Waals surface area contributed by atoms with Gasteiger partial charge in [0, 0.05) is 29.8 Å². The number of hydrogen-bond acceptors (Lipinski definition) is 3. The van der Waals surface area contributed by atoms with Crippen LogP contribution in [0.5, 0.6) is 0 Å². The molecule has 2 aromatic heterocycles. The lowest BCUT2D eigenvalue weighted by atomic mass is 10.1. The Kier molecular flexibility index (Phi) is 3.56. The Balaban J connectivity index is 1.99. The first kappa shape index (κ1) is 11.5. The number of aryl methyl sites for hydroxylation is 2.